The van der Waals surface area contributed by atoms with Gasteiger partial charge in [0.1, 0.15) is 22.1 Å². The van der Waals surface area contributed by atoms with E-state index in [1.54, 1.807) is 12.1 Å². The normalized spacial score (nSPS) is 10.9. The Balaban J connectivity index is 2.01. The van der Waals surface area contributed by atoms with E-state index in [-0.39, 0.29) is 17.2 Å². The summed E-state index contributed by atoms with van der Waals surface area (Å²) in [7, 11) is 0.360. The number of benzene rings is 2. The molecule has 0 saturated carbocycles. The highest BCUT2D eigenvalue weighted by Gasteiger charge is 2.21. The highest BCUT2D eigenvalue weighted by atomic mass is 32.2. The summed E-state index contributed by atoms with van der Waals surface area (Å²) in [6.07, 6.45) is 0. The van der Waals surface area contributed by atoms with Crippen molar-refractivity contribution >= 4 is 15.9 Å². The van der Waals surface area contributed by atoms with Crippen molar-refractivity contribution in [1.82, 2.24) is 10.0 Å². The van der Waals surface area contributed by atoms with Crippen molar-refractivity contribution in [2.75, 3.05) is 27.9 Å². The van der Waals surface area contributed by atoms with Gasteiger partial charge in [0.2, 0.25) is 15.9 Å². The van der Waals surface area contributed by atoms with Crippen LogP contribution in [0, 0.1) is 0 Å². The van der Waals surface area contributed by atoms with Gasteiger partial charge < -0.3 is 19.5 Å². The van der Waals surface area contributed by atoms with Crippen molar-refractivity contribution in [2.24, 2.45) is 0 Å². The summed E-state index contributed by atoms with van der Waals surface area (Å²) in [4.78, 5) is 11.9. The highest BCUT2D eigenvalue weighted by Crippen LogP contribution is 2.27. The average molecular weight is 394 g/mol. The van der Waals surface area contributed by atoms with Gasteiger partial charge in [-0.3, -0.25) is 4.79 Å². The Kier molecular flexibility index (Phi) is 7.03. The largest absolute Gasteiger partial charge is 0.497 e. The fourth-order valence-electron chi connectivity index (χ4n) is 2.34. The van der Waals surface area contributed by atoms with E-state index in [4.69, 9.17) is 14.2 Å². The minimum Gasteiger partial charge on any atom is -0.497 e. The minimum absolute atomic E-state index is 0.109. The lowest BCUT2D eigenvalue weighted by molar-refractivity contribution is -0.120. The molecule has 0 aliphatic rings. The van der Waals surface area contributed by atoms with Crippen LogP contribution in [0.3, 0.4) is 0 Å². The molecule has 0 atom stereocenters. The molecule has 0 spiro atoms. The number of rotatable bonds is 9. The molecule has 1 amide bonds. The maximum Gasteiger partial charge on any atom is 0.244 e. The molecule has 2 N–H and O–H groups in total. The number of hydrogen-bond acceptors (Lipinski definition) is 6. The lowest BCUT2D eigenvalue weighted by Gasteiger charge is -2.13. The van der Waals surface area contributed by atoms with Crippen LogP contribution < -0.4 is 24.2 Å². The van der Waals surface area contributed by atoms with Gasteiger partial charge in [-0.25, -0.2) is 13.1 Å². The number of nitrogens with one attached hydrogen (secondary N) is 2. The number of para-hydroxylation sites is 1. The van der Waals surface area contributed by atoms with Crippen molar-refractivity contribution in [3.05, 3.63) is 48.0 Å². The van der Waals surface area contributed by atoms with Gasteiger partial charge >= 0.3 is 0 Å². The molecule has 0 aromatic heterocycles. The minimum atomic E-state index is -3.97. The summed E-state index contributed by atoms with van der Waals surface area (Å²) in [6.45, 7) is -0.203. The van der Waals surface area contributed by atoms with Crippen molar-refractivity contribution in [1.29, 1.82) is 0 Å². The molecule has 2 aromatic rings. The monoisotopic (exact) mass is 394 g/mol. The van der Waals surface area contributed by atoms with Crippen LogP contribution in [0.1, 0.15) is 5.56 Å². The van der Waals surface area contributed by atoms with Gasteiger partial charge in [0.25, 0.3) is 0 Å². The third kappa shape index (κ3) is 5.35. The maximum absolute atomic E-state index is 12.5. The summed E-state index contributed by atoms with van der Waals surface area (Å²) < 4.78 is 42.6. The zero-order valence-electron chi connectivity index (χ0n) is 15.3. The molecular formula is C18H22N2O6S. The smallest absolute Gasteiger partial charge is 0.244 e. The van der Waals surface area contributed by atoms with Gasteiger partial charge in [-0.15, -0.1) is 0 Å². The van der Waals surface area contributed by atoms with Crippen LogP contribution in [0.4, 0.5) is 0 Å². The molecule has 8 nitrogen and oxygen atoms in total. The molecule has 0 heterocycles. The predicted octanol–water partition coefficient (Wildman–Crippen LogP) is 1.31. The van der Waals surface area contributed by atoms with E-state index in [9.17, 15) is 13.2 Å². The van der Waals surface area contributed by atoms with Gasteiger partial charge in [0, 0.05) is 18.2 Å². The quantitative estimate of drug-likeness (QED) is 0.665. The Bertz CT molecular complexity index is 898. The molecule has 2 aromatic carbocycles. The molecule has 0 fully saturated rings. The third-order valence-electron chi connectivity index (χ3n) is 3.75. The summed E-state index contributed by atoms with van der Waals surface area (Å²) in [6, 6.07) is 11.6. The second-order valence-corrected chi connectivity index (χ2v) is 7.17. The van der Waals surface area contributed by atoms with Crippen LogP contribution in [0.5, 0.6) is 17.2 Å². The van der Waals surface area contributed by atoms with E-state index in [1.165, 1.54) is 33.5 Å². The number of amides is 1. The van der Waals surface area contributed by atoms with Crippen LogP contribution in [-0.2, 0) is 21.4 Å². The number of carbonyl (C=O) groups excluding carboxylic acids is 1. The van der Waals surface area contributed by atoms with Crippen LogP contribution in [-0.4, -0.2) is 42.2 Å². The molecule has 9 heteroatoms. The molecule has 0 radical (unpaired) electrons. The summed E-state index contributed by atoms with van der Waals surface area (Å²) in [5, 5.41) is 2.65. The van der Waals surface area contributed by atoms with E-state index in [1.807, 2.05) is 18.2 Å². The Labute approximate surface area is 158 Å². The fourth-order valence-corrected chi connectivity index (χ4v) is 3.50. The van der Waals surface area contributed by atoms with Gasteiger partial charge in [-0.05, 0) is 18.2 Å². The van der Waals surface area contributed by atoms with Crippen molar-refractivity contribution in [3.63, 3.8) is 0 Å². The first-order valence-electron chi connectivity index (χ1n) is 8.01. The van der Waals surface area contributed by atoms with Crippen LogP contribution in [0.15, 0.2) is 47.4 Å². The van der Waals surface area contributed by atoms with Crippen molar-refractivity contribution < 1.29 is 27.4 Å². The number of carbonyl (C=O) groups is 1. The van der Waals surface area contributed by atoms with Crippen LogP contribution in [0.2, 0.25) is 0 Å². The van der Waals surface area contributed by atoms with Crippen molar-refractivity contribution in [3.8, 4) is 17.2 Å². The fraction of sp³-hybridized carbons (Fsp3) is 0.278. The Morgan fingerprint density at radius 2 is 1.67 bits per heavy atom. The molecule has 0 unspecified atom stereocenters. The van der Waals surface area contributed by atoms with Crippen LogP contribution >= 0.6 is 0 Å². The molecule has 0 aliphatic heterocycles. The first kappa shape index (κ1) is 20.5. The number of ether oxygens (including phenoxy) is 3. The molecule has 0 aliphatic carbocycles. The first-order valence-corrected chi connectivity index (χ1v) is 9.50. The van der Waals surface area contributed by atoms with E-state index in [0.717, 1.165) is 5.56 Å². The van der Waals surface area contributed by atoms with Gasteiger partial charge in [-0.1, -0.05) is 18.2 Å². The summed E-state index contributed by atoms with van der Waals surface area (Å²) >= 11 is 0. The number of methoxy groups -OCH3 is 3. The van der Waals surface area contributed by atoms with E-state index in [0.29, 0.717) is 11.5 Å². The van der Waals surface area contributed by atoms with E-state index in [2.05, 4.69) is 10.0 Å². The first-order chi connectivity index (χ1) is 12.9. The Morgan fingerprint density at radius 3 is 2.33 bits per heavy atom. The molecule has 27 heavy (non-hydrogen) atoms. The van der Waals surface area contributed by atoms with Gasteiger partial charge in [0.05, 0.1) is 27.9 Å². The van der Waals surface area contributed by atoms with Crippen LogP contribution in [0.25, 0.3) is 0 Å². The molecular weight excluding hydrogens is 372 g/mol. The lowest BCUT2D eigenvalue weighted by atomic mass is 10.2. The standard InChI is InChI=1S/C18H22N2O6S/c1-24-14-8-9-16(26-3)17(10-14)27(22,23)20-12-18(21)19-11-13-6-4-5-7-15(13)25-2/h4-10,20H,11-12H2,1-3H3,(H,19,21). The molecule has 146 valence electrons. The van der Waals surface area contributed by atoms with Gasteiger partial charge in [0.15, 0.2) is 0 Å². The average Bonchev–Trinajstić information content (AvgIpc) is 2.70. The lowest BCUT2D eigenvalue weighted by Crippen LogP contribution is -2.36. The number of sulfonamides is 1. The molecule has 0 saturated heterocycles. The Hall–Kier alpha value is -2.78. The van der Waals surface area contributed by atoms with E-state index < -0.39 is 22.5 Å². The van der Waals surface area contributed by atoms with E-state index >= 15 is 0 Å². The SMILES string of the molecule is COc1ccc(OC)c(S(=O)(=O)NCC(=O)NCc2ccccc2OC)c1. The summed E-state index contributed by atoms with van der Waals surface area (Å²) in [5.74, 6) is 0.667. The highest BCUT2D eigenvalue weighted by molar-refractivity contribution is 7.89. The van der Waals surface area contributed by atoms with Gasteiger partial charge in [-0.2, -0.15) is 0 Å². The maximum atomic E-state index is 12.5. The molecule has 2 rings (SSSR count). The van der Waals surface area contributed by atoms with Crippen molar-refractivity contribution in [2.45, 2.75) is 11.4 Å². The third-order valence-corrected chi connectivity index (χ3v) is 5.17. The topological polar surface area (TPSA) is 103 Å². The second-order valence-electron chi connectivity index (χ2n) is 5.43. The summed E-state index contributed by atoms with van der Waals surface area (Å²) in [5.41, 5.74) is 0.783. The zero-order valence-corrected chi connectivity index (χ0v) is 16.1. The Morgan fingerprint density at radius 1 is 0.963 bits per heavy atom. The second kappa shape index (κ2) is 9.24. The zero-order chi connectivity index (χ0) is 19.9. The molecule has 0 bridgehead atoms. The predicted molar refractivity (Wildman–Crippen MR) is 99.6 cm³/mol. The number of hydrogen-bond donors (Lipinski definition) is 2.